The quantitative estimate of drug-likeness (QED) is 0.670. The normalized spacial score (nSPS) is 12.7. The maximum absolute atomic E-state index is 5.73. The van der Waals surface area contributed by atoms with Crippen LogP contribution in [0.1, 0.15) is 27.6 Å². The van der Waals surface area contributed by atoms with Crippen LogP contribution in [0, 0.1) is 13.8 Å². The largest absolute Gasteiger partial charge is 0.271 e. The lowest BCUT2D eigenvalue weighted by atomic mass is 9.99. The summed E-state index contributed by atoms with van der Waals surface area (Å²) in [6, 6.07) is 8.39. The molecule has 2 aromatic rings. The Labute approximate surface area is 114 Å². The van der Waals surface area contributed by atoms with Gasteiger partial charge in [-0.1, -0.05) is 28.1 Å². The molecule has 1 aromatic carbocycles. The zero-order valence-electron chi connectivity index (χ0n) is 9.83. The molecule has 0 bridgehead atoms. The molecular weight excluding hydrogens is 296 g/mol. The van der Waals surface area contributed by atoms with Crippen LogP contribution in [-0.2, 0) is 0 Å². The molecule has 1 unspecified atom stereocenters. The molecule has 2 nitrogen and oxygen atoms in total. The van der Waals surface area contributed by atoms with Gasteiger partial charge in [0.25, 0.3) is 0 Å². The lowest BCUT2D eigenvalue weighted by Crippen LogP contribution is -2.29. The van der Waals surface area contributed by atoms with Crippen LogP contribution < -0.4 is 11.3 Å². The standard InChI is InChI=1S/C13H15BrN2S/c1-8-6-7-17-13(8)12(16-15)10-4-3-5-11(14)9(10)2/h3-7,12,16H,15H2,1-2H3. The zero-order valence-corrected chi connectivity index (χ0v) is 12.2. The van der Waals surface area contributed by atoms with Crippen molar-refractivity contribution in [3.8, 4) is 0 Å². The van der Waals surface area contributed by atoms with E-state index in [1.165, 1.54) is 21.6 Å². The first-order valence-electron chi connectivity index (χ1n) is 5.40. The van der Waals surface area contributed by atoms with E-state index in [-0.39, 0.29) is 6.04 Å². The fourth-order valence-corrected chi connectivity index (χ4v) is 3.31. The molecule has 3 N–H and O–H groups in total. The molecule has 0 radical (unpaired) electrons. The van der Waals surface area contributed by atoms with Gasteiger partial charge in [0.05, 0.1) is 6.04 Å². The summed E-state index contributed by atoms with van der Waals surface area (Å²) in [5, 5.41) is 2.10. The highest BCUT2D eigenvalue weighted by Gasteiger charge is 2.18. The van der Waals surface area contributed by atoms with Gasteiger partial charge >= 0.3 is 0 Å². The molecule has 0 fully saturated rings. The molecule has 2 rings (SSSR count). The molecule has 0 aliphatic carbocycles. The molecular formula is C13H15BrN2S. The number of aryl methyl sites for hydroxylation is 1. The molecule has 0 aliphatic rings. The van der Waals surface area contributed by atoms with Crippen LogP contribution in [0.3, 0.4) is 0 Å². The van der Waals surface area contributed by atoms with Gasteiger partial charge < -0.3 is 0 Å². The molecule has 0 spiro atoms. The zero-order chi connectivity index (χ0) is 12.4. The maximum Gasteiger partial charge on any atom is 0.0808 e. The van der Waals surface area contributed by atoms with E-state index in [1.807, 2.05) is 12.1 Å². The highest BCUT2D eigenvalue weighted by Crippen LogP contribution is 2.32. The van der Waals surface area contributed by atoms with Gasteiger partial charge in [-0.05, 0) is 48.1 Å². The number of benzene rings is 1. The Morgan fingerprint density at radius 2 is 2.06 bits per heavy atom. The number of rotatable bonds is 3. The van der Waals surface area contributed by atoms with Crippen LogP contribution in [0.25, 0.3) is 0 Å². The lowest BCUT2D eigenvalue weighted by Gasteiger charge is -2.19. The Bertz CT molecular complexity index is 522. The van der Waals surface area contributed by atoms with Crippen LogP contribution in [0.5, 0.6) is 0 Å². The molecule has 1 atom stereocenters. The third-order valence-corrected chi connectivity index (χ3v) is 4.89. The van der Waals surface area contributed by atoms with Gasteiger partial charge in [0.2, 0.25) is 0 Å². The first-order chi connectivity index (χ1) is 8.15. The van der Waals surface area contributed by atoms with Gasteiger partial charge in [-0.25, -0.2) is 5.43 Å². The van der Waals surface area contributed by atoms with E-state index in [9.17, 15) is 0 Å². The summed E-state index contributed by atoms with van der Waals surface area (Å²) >= 11 is 5.29. The third-order valence-electron chi connectivity index (χ3n) is 2.95. The Hall–Kier alpha value is -0.680. The molecule has 1 aromatic heterocycles. The average Bonchev–Trinajstić information content (AvgIpc) is 2.72. The van der Waals surface area contributed by atoms with Crippen LogP contribution in [0.15, 0.2) is 34.1 Å². The topological polar surface area (TPSA) is 38.0 Å². The molecule has 0 aliphatic heterocycles. The van der Waals surface area contributed by atoms with Crippen molar-refractivity contribution in [3.63, 3.8) is 0 Å². The molecule has 1 heterocycles. The van der Waals surface area contributed by atoms with E-state index >= 15 is 0 Å². The highest BCUT2D eigenvalue weighted by atomic mass is 79.9. The fourth-order valence-electron chi connectivity index (χ4n) is 1.92. The van der Waals surface area contributed by atoms with Crippen molar-refractivity contribution in [3.05, 3.63) is 55.7 Å². The molecule has 0 saturated carbocycles. The van der Waals surface area contributed by atoms with Gasteiger partial charge in [-0.15, -0.1) is 11.3 Å². The Kier molecular flexibility index (Phi) is 3.99. The second-order valence-corrected chi connectivity index (χ2v) is 5.82. The van der Waals surface area contributed by atoms with E-state index in [4.69, 9.17) is 5.84 Å². The van der Waals surface area contributed by atoms with E-state index in [1.54, 1.807) is 11.3 Å². The van der Waals surface area contributed by atoms with Crippen LogP contribution in [-0.4, -0.2) is 0 Å². The predicted octanol–water partition coefficient (Wildman–Crippen LogP) is 3.68. The fraction of sp³-hybridized carbons (Fsp3) is 0.231. The van der Waals surface area contributed by atoms with Crippen molar-refractivity contribution in [2.75, 3.05) is 0 Å². The minimum absolute atomic E-state index is 0.0625. The summed E-state index contributed by atoms with van der Waals surface area (Å²) in [6.45, 7) is 4.22. The second kappa shape index (κ2) is 5.31. The second-order valence-electron chi connectivity index (χ2n) is 4.02. The number of hydrazine groups is 1. The molecule has 0 amide bonds. The summed E-state index contributed by atoms with van der Waals surface area (Å²) in [6.07, 6.45) is 0. The van der Waals surface area contributed by atoms with Crippen molar-refractivity contribution >= 4 is 27.3 Å². The number of hydrogen-bond acceptors (Lipinski definition) is 3. The van der Waals surface area contributed by atoms with Gasteiger partial charge in [0, 0.05) is 9.35 Å². The number of halogens is 1. The van der Waals surface area contributed by atoms with E-state index in [0.29, 0.717) is 0 Å². The van der Waals surface area contributed by atoms with E-state index in [2.05, 4.69) is 52.7 Å². The molecule has 17 heavy (non-hydrogen) atoms. The van der Waals surface area contributed by atoms with Crippen LogP contribution in [0.4, 0.5) is 0 Å². The number of hydrogen-bond donors (Lipinski definition) is 2. The summed E-state index contributed by atoms with van der Waals surface area (Å²) in [5.74, 6) is 5.73. The molecule has 0 saturated heterocycles. The van der Waals surface area contributed by atoms with Gasteiger partial charge in [-0.3, -0.25) is 5.84 Å². The summed E-state index contributed by atoms with van der Waals surface area (Å²) in [7, 11) is 0. The van der Waals surface area contributed by atoms with Crippen molar-refractivity contribution < 1.29 is 0 Å². The first-order valence-corrected chi connectivity index (χ1v) is 7.07. The highest BCUT2D eigenvalue weighted by molar-refractivity contribution is 9.10. The minimum Gasteiger partial charge on any atom is -0.271 e. The maximum atomic E-state index is 5.73. The molecule has 4 heteroatoms. The van der Waals surface area contributed by atoms with Gasteiger partial charge in [0.1, 0.15) is 0 Å². The Morgan fingerprint density at radius 1 is 1.29 bits per heavy atom. The average molecular weight is 311 g/mol. The third kappa shape index (κ3) is 2.45. The van der Waals surface area contributed by atoms with Gasteiger partial charge in [0.15, 0.2) is 0 Å². The number of nitrogens with one attached hydrogen (secondary N) is 1. The monoisotopic (exact) mass is 310 g/mol. The minimum atomic E-state index is 0.0625. The Balaban J connectivity index is 2.50. The summed E-state index contributed by atoms with van der Waals surface area (Å²) in [4.78, 5) is 1.27. The van der Waals surface area contributed by atoms with E-state index in [0.717, 1.165) is 4.47 Å². The smallest absolute Gasteiger partial charge is 0.0808 e. The summed E-state index contributed by atoms with van der Waals surface area (Å²) in [5.41, 5.74) is 6.63. The predicted molar refractivity (Wildman–Crippen MR) is 77.1 cm³/mol. The van der Waals surface area contributed by atoms with Crippen molar-refractivity contribution in [2.24, 2.45) is 5.84 Å². The van der Waals surface area contributed by atoms with Crippen LogP contribution >= 0.6 is 27.3 Å². The first kappa shape index (κ1) is 12.8. The van der Waals surface area contributed by atoms with Crippen molar-refractivity contribution in [2.45, 2.75) is 19.9 Å². The number of nitrogens with two attached hydrogens (primary N) is 1. The Morgan fingerprint density at radius 3 is 2.65 bits per heavy atom. The SMILES string of the molecule is Cc1ccsc1C(NN)c1cccc(Br)c1C. The van der Waals surface area contributed by atoms with E-state index < -0.39 is 0 Å². The lowest BCUT2D eigenvalue weighted by molar-refractivity contribution is 0.640. The van der Waals surface area contributed by atoms with Crippen molar-refractivity contribution in [1.29, 1.82) is 0 Å². The summed E-state index contributed by atoms with van der Waals surface area (Å²) < 4.78 is 1.12. The number of thiophene rings is 1. The molecule has 90 valence electrons. The van der Waals surface area contributed by atoms with Crippen molar-refractivity contribution in [1.82, 2.24) is 5.43 Å². The van der Waals surface area contributed by atoms with Crippen LogP contribution in [0.2, 0.25) is 0 Å². The van der Waals surface area contributed by atoms with Gasteiger partial charge in [-0.2, -0.15) is 0 Å².